The standard InChI is InChI=1S/C20H21FN2O3S2/c21-18-9-5-4-8-17(18)19(24)23-14-15-27-20(23)10-12-22(13-11-20)28(25,26)16-6-2-1-3-7-16/h1-9H,10-15H2. The first-order valence-corrected chi connectivity index (χ1v) is 11.6. The van der Waals surface area contributed by atoms with Gasteiger partial charge in [-0.05, 0) is 37.1 Å². The molecule has 1 spiro atoms. The van der Waals surface area contributed by atoms with E-state index in [9.17, 15) is 17.6 Å². The zero-order chi connectivity index (χ0) is 19.8. The van der Waals surface area contributed by atoms with E-state index in [0.29, 0.717) is 32.5 Å². The van der Waals surface area contributed by atoms with Crippen LogP contribution in [0.25, 0.3) is 0 Å². The second-order valence-electron chi connectivity index (χ2n) is 6.95. The van der Waals surface area contributed by atoms with Crippen molar-refractivity contribution >= 4 is 27.7 Å². The number of amides is 1. The molecule has 2 heterocycles. The molecule has 0 aromatic heterocycles. The number of sulfonamides is 1. The fourth-order valence-electron chi connectivity index (χ4n) is 3.91. The van der Waals surface area contributed by atoms with E-state index in [1.807, 2.05) is 0 Å². The molecule has 0 atom stereocenters. The topological polar surface area (TPSA) is 57.7 Å². The van der Waals surface area contributed by atoms with E-state index >= 15 is 0 Å². The molecule has 2 aromatic rings. The van der Waals surface area contributed by atoms with Crippen LogP contribution in [0.15, 0.2) is 59.5 Å². The third kappa shape index (κ3) is 3.33. The van der Waals surface area contributed by atoms with Crippen molar-refractivity contribution in [1.82, 2.24) is 9.21 Å². The fraction of sp³-hybridized carbons (Fsp3) is 0.350. The van der Waals surface area contributed by atoms with Crippen LogP contribution < -0.4 is 0 Å². The van der Waals surface area contributed by atoms with E-state index in [2.05, 4.69) is 0 Å². The van der Waals surface area contributed by atoms with Crippen LogP contribution in [-0.4, -0.2) is 53.8 Å². The summed E-state index contributed by atoms with van der Waals surface area (Å²) in [6, 6.07) is 14.4. The van der Waals surface area contributed by atoms with Crippen molar-refractivity contribution in [2.24, 2.45) is 0 Å². The summed E-state index contributed by atoms with van der Waals surface area (Å²) in [6.45, 7) is 1.22. The molecule has 0 aliphatic carbocycles. The number of halogens is 1. The Labute approximate surface area is 168 Å². The number of carbonyl (C=O) groups excluding carboxylic acids is 1. The molecule has 2 aliphatic rings. The minimum Gasteiger partial charge on any atom is -0.323 e. The first kappa shape index (κ1) is 19.4. The molecule has 2 aliphatic heterocycles. The van der Waals surface area contributed by atoms with Gasteiger partial charge in [0.1, 0.15) is 5.82 Å². The van der Waals surface area contributed by atoms with Crippen LogP contribution in [0.4, 0.5) is 4.39 Å². The molecule has 0 saturated carbocycles. The van der Waals surface area contributed by atoms with Crippen molar-refractivity contribution in [2.45, 2.75) is 22.6 Å². The van der Waals surface area contributed by atoms with E-state index in [0.717, 1.165) is 5.75 Å². The smallest absolute Gasteiger partial charge is 0.257 e. The molecule has 28 heavy (non-hydrogen) atoms. The van der Waals surface area contributed by atoms with E-state index < -0.39 is 20.7 Å². The normalized spacial score (nSPS) is 19.8. The molecule has 5 nitrogen and oxygen atoms in total. The Morgan fingerprint density at radius 2 is 1.61 bits per heavy atom. The molecule has 0 unspecified atom stereocenters. The Kier molecular flexibility index (Phi) is 5.20. The van der Waals surface area contributed by atoms with Gasteiger partial charge in [0.15, 0.2) is 0 Å². The number of carbonyl (C=O) groups is 1. The monoisotopic (exact) mass is 420 g/mol. The minimum absolute atomic E-state index is 0.0729. The second kappa shape index (κ2) is 7.50. The summed E-state index contributed by atoms with van der Waals surface area (Å²) in [7, 11) is -3.54. The molecule has 2 fully saturated rings. The largest absolute Gasteiger partial charge is 0.323 e. The molecule has 2 aromatic carbocycles. The fourth-order valence-corrected chi connectivity index (χ4v) is 6.82. The van der Waals surface area contributed by atoms with Crippen molar-refractivity contribution in [3.8, 4) is 0 Å². The number of piperidine rings is 1. The van der Waals surface area contributed by atoms with Gasteiger partial charge in [0.05, 0.1) is 15.3 Å². The van der Waals surface area contributed by atoms with E-state index in [4.69, 9.17) is 0 Å². The second-order valence-corrected chi connectivity index (χ2v) is 10.3. The van der Waals surface area contributed by atoms with Crippen LogP contribution in [-0.2, 0) is 10.0 Å². The Balaban J connectivity index is 1.53. The van der Waals surface area contributed by atoms with E-state index in [1.54, 1.807) is 59.1 Å². The van der Waals surface area contributed by atoms with Crippen LogP contribution in [0.1, 0.15) is 23.2 Å². The predicted molar refractivity (Wildman–Crippen MR) is 107 cm³/mol. The van der Waals surface area contributed by atoms with Gasteiger partial charge in [0.2, 0.25) is 10.0 Å². The zero-order valence-electron chi connectivity index (χ0n) is 15.3. The van der Waals surface area contributed by atoms with Gasteiger partial charge < -0.3 is 4.90 Å². The summed E-state index contributed by atoms with van der Waals surface area (Å²) in [5.74, 6) is -0.0721. The molecule has 148 valence electrons. The highest BCUT2D eigenvalue weighted by atomic mass is 32.2. The average Bonchev–Trinajstić information content (AvgIpc) is 3.12. The third-order valence-corrected chi connectivity index (χ3v) is 8.88. The molecule has 0 bridgehead atoms. The highest BCUT2D eigenvalue weighted by Gasteiger charge is 2.48. The van der Waals surface area contributed by atoms with Gasteiger partial charge in [-0.2, -0.15) is 4.31 Å². The number of nitrogens with zero attached hydrogens (tertiary/aromatic N) is 2. The van der Waals surface area contributed by atoms with Crippen molar-refractivity contribution < 1.29 is 17.6 Å². The van der Waals surface area contributed by atoms with Crippen LogP contribution in [0, 0.1) is 5.82 Å². The summed E-state index contributed by atoms with van der Waals surface area (Å²) >= 11 is 1.67. The summed E-state index contributed by atoms with van der Waals surface area (Å²) in [4.78, 5) is 14.5. The first-order chi connectivity index (χ1) is 13.4. The van der Waals surface area contributed by atoms with Crippen molar-refractivity contribution in [2.75, 3.05) is 25.4 Å². The molecule has 0 radical (unpaired) electrons. The highest BCUT2D eigenvalue weighted by Crippen LogP contribution is 2.45. The van der Waals surface area contributed by atoms with Crippen molar-refractivity contribution in [3.63, 3.8) is 0 Å². The number of hydrogen-bond donors (Lipinski definition) is 0. The van der Waals surface area contributed by atoms with E-state index in [-0.39, 0.29) is 16.4 Å². The van der Waals surface area contributed by atoms with Gasteiger partial charge in [-0.3, -0.25) is 4.79 Å². The molecular weight excluding hydrogens is 399 g/mol. The summed E-state index contributed by atoms with van der Waals surface area (Å²) in [5, 5.41) is 0. The number of thioether (sulfide) groups is 1. The lowest BCUT2D eigenvalue weighted by Gasteiger charge is -2.43. The van der Waals surface area contributed by atoms with Gasteiger partial charge in [-0.1, -0.05) is 30.3 Å². The number of rotatable bonds is 3. The van der Waals surface area contributed by atoms with Crippen LogP contribution >= 0.6 is 11.8 Å². The van der Waals surface area contributed by atoms with Gasteiger partial charge in [-0.25, -0.2) is 12.8 Å². The van der Waals surface area contributed by atoms with Crippen molar-refractivity contribution in [3.05, 3.63) is 66.0 Å². The quantitative estimate of drug-likeness (QED) is 0.765. The lowest BCUT2D eigenvalue weighted by Crippen LogP contribution is -2.53. The number of hydrogen-bond acceptors (Lipinski definition) is 4. The van der Waals surface area contributed by atoms with Gasteiger partial charge >= 0.3 is 0 Å². The Morgan fingerprint density at radius 3 is 2.29 bits per heavy atom. The molecule has 4 rings (SSSR count). The molecule has 1 amide bonds. The van der Waals surface area contributed by atoms with Gasteiger partial charge in [0, 0.05) is 25.4 Å². The molecular formula is C20H21FN2O3S2. The Morgan fingerprint density at radius 1 is 0.964 bits per heavy atom. The molecule has 2 saturated heterocycles. The van der Waals surface area contributed by atoms with E-state index in [1.165, 1.54) is 16.4 Å². The maximum Gasteiger partial charge on any atom is 0.257 e. The predicted octanol–water partition coefficient (Wildman–Crippen LogP) is 3.20. The van der Waals surface area contributed by atoms with Crippen LogP contribution in [0.5, 0.6) is 0 Å². The summed E-state index contributed by atoms with van der Waals surface area (Å²) in [5.41, 5.74) is 0.0729. The lowest BCUT2D eigenvalue weighted by atomic mass is 10.0. The Hall–Kier alpha value is -1.90. The van der Waals surface area contributed by atoms with Crippen LogP contribution in [0.3, 0.4) is 0 Å². The lowest BCUT2D eigenvalue weighted by molar-refractivity contribution is 0.0600. The first-order valence-electron chi connectivity index (χ1n) is 9.20. The third-order valence-electron chi connectivity index (χ3n) is 5.41. The SMILES string of the molecule is O=C(c1ccccc1F)N1CCSC12CCN(S(=O)(=O)c1ccccc1)CC2. The van der Waals surface area contributed by atoms with Gasteiger partial charge in [-0.15, -0.1) is 11.8 Å². The van der Waals surface area contributed by atoms with Gasteiger partial charge in [0.25, 0.3) is 5.91 Å². The van der Waals surface area contributed by atoms with Crippen molar-refractivity contribution in [1.29, 1.82) is 0 Å². The summed E-state index contributed by atoms with van der Waals surface area (Å²) < 4.78 is 41.3. The minimum atomic E-state index is -3.54. The molecule has 0 N–H and O–H groups in total. The average molecular weight is 421 g/mol. The maximum absolute atomic E-state index is 14.1. The zero-order valence-corrected chi connectivity index (χ0v) is 16.9. The Bertz CT molecular complexity index is 974. The number of benzene rings is 2. The highest BCUT2D eigenvalue weighted by molar-refractivity contribution is 8.00. The maximum atomic E-state index is 14.1. The molecule has 8 heteroatoms. The summed E-state index contributed by atoms with van der Waals surface area (Å²) in [6.07, 6.45) is 1.06. The van der Waals surface area contributed by atoms with Crippen LogP contribution in [0.2, 0.25) is 0 Å².